The highest BCUT2D eigenvalue weighted by atomic mass is 35.5. The Bertz CT molecular complexity index is 803. The van der Waals surface area contributed by atoms with Crippen molar-refractivity contribution in [2.75, 3.05) is 31.7 Å². The van der Waals surface area contributed by atoms with Crippen molar-refractivity contribution < 1.29 is 14.3 Å². The van der Waals surface area contributed by atoms with Crippen molar-refractivity contribution >= 4 is 23.2 Å². The maximum Gasteiger partial charge on any atom is 0.253 e. The van der Waals surface area contributed by atoms with Gasteiger partial charge in [0.2, 0.25) is 0 Å². The molecule has 2 aromatic carbocycles. The predicted octanol–water partition coefficient (Wildman–Crippen LogP) is 4.03. The van der Waals surface area contributed by atoms with E-state index >= 15 is 0 Å². The molecule has 2 aromatic rings. The van der Waals surface area contributed by atoms with Gasteiger partial charge in [0.15, 0.2) is 6.73 Å². The van der Waals surface area contributed by atoms with Crippen LogP contribution in [0.15, 0.2) is 42.5 Å². The molecule has 1 N–H and O–H groups in total. The third-order valence-corrected chi connectivity index (χ3v) is 5.24. The summed E-state index contributed by atoms with van der Waals surface area (Å²) in [5.41, 5.74) is 1.59. The van der Waals surface area contributed by atoms with Gasteiger partial charge in [0.25, 0.3) is 5.91 Å². The molecule has 0 saturated carbocycles. The third-order valence-electron chi connectivity index (χ3n) is 4.93. The number of carbonyl (C=O) groups excluding carboxylic acids is 1. The predicted molar refractivity (Wildman–Crippen MR) is 101 cm³/mol. The van der Waals surface area contributed by atoms with E-state index in [4.69, 9.17) is 21.1 Å². The third kappa shape index (κ3) is 3.58. The second kappa shape index (κ2) is 7.46. The van der Waals surface area contributed by atoms with Crippen molar-refractivity contribution in [3.63, 3.8) is 0 Å². The zero-order valence-electron chi connectivity index (χ0n) is 14.4. The van der Waals surface area contributed by atoms with Gasteiger partial charge in [0, 0.05) is 18.7 Å². The fourth-order valence-corrected chi connectivity index (χ4v) is 3.56. The fourth-order valence-electron chi connectivity index (χ4n) is 3.37. The van der Waals surface area contributed by atoms with E-state index in [0.717, 1.165) is 43.1 Å². The first-order chi connectivity index (χ1) is 12.7. The molecule has 0 spiro atoms. The van der Waals surface area contributed by atoms with Crippen molar-refractivity contribution in [3.8, 4) is 11.5 Å². The van der Waals surface area contributed by atoms with E-state index in [2.05, 4.69) is 5.32 Å². The van der Waals surface area contributed by atoms with E-state index in [-0.39, 0.29) is 5.91 Å². The Balaban J connectivity index is 1.30. The molecule has 1 saturated heterocycles. The molecule has 0 bridgehead atoms. The van der Waals surface area contributed by atoms with Gasteiger partial charge in [-0.25, -0.2) is 0 Å². The highest BCUT2D eigenvalue weighted by Gasteiger charge is 2.25. The second-order valence-electron chi connectivity index (χ2n) is 6.65. The number of hydrogen-bond acceptors (Lipinski definition) is 4. The van der Waals surface area contributed by atoms with Crippen molar-refractivity contribution in [1.29, 1.82) is 0 Å². The van der Waals surface area contributed by atoms with Crippen LogP contribution in [0, 0.1) is 5.92 Å². The molecule has 2 heterocycles. The van der Waals surface area contributed by atoms with Crippen molar-refractivity contribution in [2.45, 2.75) is 12.8 Å². The number of amides is 1. The smallest absolute Gasteiger partial charge is 0.253 e. The molecule has 0 unspecified atom stereocenters. The van der Waals surface area contributed by atoms with Crippen LogP contribution in [0.2, 0.25) is 5.02 Å². The lowest BCUT2D eigenvalue weighted by Crippen LogP contribution is -2.39. The fraction of sp³-hybridized carbons (Fsp3) is 0.350. The Morgan fingerprint density at radius 1 is 1.23 bits per heavy atom. The van der Waals surface area contributed by atoms with E-state index in [0.29, 0.717) is 29.8 Å². The summed E-state index contributed by atoms with van der Waals surface area (Å²) in [6.45, 7) is 2.59. The van der Waals surface area contributed by atoms with Gasteiger partial charge in [0.05, 0.1) is 17.3 Å². The van der Waals surface area contributed by atoms with Gasteiger partial charge in [-0.3, -0.25) is 4.79 Å². The standard InChI is InChI=1S/C20H21ClN2O3/c21-16-3-1-2-4-18(16)25-12-14-7-9-23(10-8-14)20(24)15-5-6-19-17(11-15)22-13-26-19/h1-6,11,14,22H,7-10,12-13H2. The SMILES string of the molecule is O=C(c1ccc2c(c1)NCO2)N1CCC(COc2ccccc2Cl)CC1. The summed E-state index contributed by atoms with van der Waals surface area (Å²) in [7, 11) is 0. The molecule has 136 valence electrons. The zero-order chi connectivity index (χ0) is 17.9. The van der Waals surface area contributed by atoms with Crippen LogP contribution in [0.25, 0.3) is 0 Å². The maximum atomic E-state index is 12.7. The number of likely N-dealkylation sites (tertiary alicyclic amines) is 1. The van der Waals surface area contributed by atoms with Crippen LogP contribution in [-0.2, 0) is 0 Å². The molecule has 0 aromatic heterocycles. The Labute approximate surface area is 157 Å². The number of fused-ring (bicyclic) bond motifs is 1. The topological polar surface area (TPSA) is 50.8 Å². The van der Waals surface area contributed by atoms with E-state index in [1.165, 1.54) is 0 Å². The van der Waals surface area contributed by atoms with E-state index < -0.39 is 0 Å². The van der Waals surface area contributed by atoms with Crippen molar-refractivity contribution in [1.82, 2.24) is 4.90 Å². The highest BCUT2D eigenvalue weighted by Crippen LogP contribution is 2.31. The lowest BCUT2D eigenvalue weighted by atomic mass is 9.97. The minimum atomic E-state index is 0.0759. The monoisotopic (exact) mass is 372 g/mol. The molecular formula is C20H21ClN2O3. The van der Waals surface area contributed by atoms with Crippen LogP contribution in [0.5, 0.6) is 11.5 Å². The Morgan fingerprint density at radius 3 is 2.85 bits per heavy atom. The normalized spacial score (nSPS) is 16.6. The number of anilines is 1. The first-order valence-corrected chi connectivity index (χ1v) is 9.26. The maximum absolute atomic E-state index is 12.7. The van der Waals surface area contributed by atoms with Gasteiger partial charge in [-0.05, 0) is 49.1 Å². The van der Waals surface area contributed by atoms with Crippen LogP contribution < -0.4 is 14.8 Å². The van der Waals surface area contributed by atoms with E-state index in [1.807, 2.05) is 47.4 Å². The first-order valence-electron chi connectivity index (χ1n) is 8.88. The van der Waals surface area contributed by atoms with E-state index in [9.17, 15) is 4.79 Å². The molecule has 4 rings (SSSR count). The van der Waals surface area contributed by atoms with Crippen LogP contribution in [-0.4, -0.2) is 37.2 Å². The lowest BCUT2D eigenvalue weighted by Gasteiger charge is -2.32. The minimum Gasteiger partial charge on any atom is -0.492 e. The average Bonchev–Trinajstić information content (AvgIpc) is 3.15. The molecule has 0 atom stereocenters. The van der Waals surface area contributed by atoms with Gasteiger partial charge in [-0.1, -0.05) is 23.7 Å². The van der Waals surface area contributed by atoms with Gasteiger partial charge >= 0.3 is 0 Å². The average molecular weight is 373 g/mol. The molecule has 2 aliphatic rings. The Hall–Kier alpha value is -2.40. The molecule has 0 radical (unpaired) electrons. The van der Waals surface area contributed by atoms with E-state index in [1.54, 1.807) is 0 Å². The molecule has 0 aliphatic carbocycles. The Kier molecular flexibility index (Phi) is 4.89. The van der Waals surface area contributed by atoms with Gasteiger partial charge in [-0.2, -0.15) is 0 Å². The van der Waals surface area contributed by atoms with Crippen molar-refractivity contribution in [3.05, 3.63) is 53.1 Å². The molecule has 1 amide bonds. The van der Waals surface area contributed by atoms with Gasteiger partial charge in [0.1, 0.15) is 11.5 Å². The molecule has 5 nitrogen and oxygen atoms in total. The summed E-state index contributed by atoms with van der Waals surface area (Å²) in [4.78, 5) is 14.7. The molecule has 2 aliphatic heterocycles. The van der Waals surface area contributed by atoms with Crippen LogP contribution in [0.3, 0.4) is 0 Å². The summed E-state index contributed by atoms with van der Waals surface area (Å²) >= 11 is 6.12. The van der Waals surface area contributed by atoms with Gasteiger partial charge in [-0.15, -0.1) is 0 Å². The first kappa shape index (κ1) is 17.0. The number of carbonyl (C=O) groups is 1. The number of benzene rings is 2. The number of hydrogen-bond donors (Lipinski definition) is 1. The largest absolute Gasteiger partial charge is 0.492 e. The number of para-hydroxylation sites is 1. The van der Waals surface area contributed by atoms with Crippen LogP contribution >= 0.6 is 11.6 Å². The highest BCUT2D eigenvalue weighted by molar-refractivity contribution is 6.32. The molecule has 1 fully saturated rings. The number of halogens is 1. The summed E-state index contributed by atoms with van der Waals surface area (Å²) in [6, 6.07) is 13.1. The number of nitrogens with one attached hydrogen (secondary N) is 1. The summed E-state index contributed by atoms with van der Waals surface area (Å²) in [5, 5.41) is 3.76. The zero-order valence-corrected chi connectivity index (χ0v) is 15.2. The quantitative estimate of drug-likeness (QED) is 0.880. The number of ether oxygens (including phenoxy) is 2. The second-order valence-corrected chi connectivity index (χ2v) is 7.06. The van der Waals surface area contributed by atoms with Gasteiger partial charge < -0.3 is 19.7 Å². The summed E-state index contributed by atoms with van der Waals surface area (Å²) < 4.78 is 11.3. The number of rotatable bonds is 4. The Morgan fingerprint density at radius 2 is 2.04 bits per heavy atom. The molecule has 6 heteroatoms. The minimum absolute atomic E-state index is 0.0759. The molecular weight excluding hydrogens is 352 g/mol. The lowest BCUT2D eigenvalue weighted by molar-refractivity contribution is 0.0661. The van der Waals surface area contributed by atoms with Crippen molar-refractivity contribution in [2.24, 2.45) is 5.92 Å². The number of piperidine rings is 1. The number of nitrogens with zero attached hydrogens (tertiary/aromatic N) is 1. The van der Waals surface area contributed by atoms with Crippen LogP contribution in [0.4, 0.5) is 5.69 Å². The van der Waals surface area contributed by atoms with Crippen LogP contribution in [0.1, 0.15) is 23.2 Å². The summed E-state index contributed by atoms with van der Waals surface area (Å²) in [5.74, 6) is 2.04. The molecule has 26 heavy (non-hydrogen) atoms. The summed E-state index contributed by atoms with van der Waals surface area (Å²) in [6.07, 6.45) is 1.87.